The second kappa shape index (κ2) is 7.52. The van der Waals surface area contributed by atoms with Gasteiger partial charge in [-0.05, 0) is 12.5 Å². The van der Waals surface area contributed by atoms with E-state index in [1.807, 2.05) is 0 Å². The lowest BCUT2D eigenvalue weighted by Crippen LogP contribution is -2.57. The molecule has 1 fully saturated rings. The number of rotatable bonds is 6. The molecule has 0 aliphatic carbocycles. The summed E-state index contributed by atoms with van der Waals surface area (Å²) in [6.07, 6.45) is 0.221. The number of nitrogens with zero attached hydrogens (tertiary/aromatic N) is 3. The minimum absolute atomic E-state index is 0.0331. The van der Waals surface area contributed by atoms with Gasteiger partial charge in [0.15, 0.2) is 0 Å². The SMILES string of the molecule is CC1NC(=O)NC(=O)C1Cc1nnc(SCc2ccc([N+](=O)[O-])cc2)o1. The Balaban J connectivity index is 1.57. The van der Waals surface area contributed by atoms with Crippen LogP contribution in [-0.2, 0) is 17.0 Å². The second-order valence-corrected chi connectivity index (χ2v) is 6.66. The zero-order valence-electron chi connectivity index (χ0n) is 13.7. The molecule has 1 saturated heterocycles. The van der Waals surface area contributed by atoms with Crippen molar-refractivity contribution in [3.63, 3.8) is 0 Å². The largest absolute Gasteiger partial charge is 0.416 e. The summed E-state index contributed by atoms with van der Waals surface area (Å²) in [5, 5.41) is 23.7. The molecule has 1 aromatic heterocycles. The Morgan fingerprint density at radius 1 is 1.27 bits per heavy atom. The second-order valence-electron chi connectivity index (χ2n) is 5.74. The highest BCUT2D eigenvalue weighted by Gasteiger charge is 2.34. The number of urea groups is 1. The number of amides is 3. The third-order valence-electron chi connectivity index (χ3n) is 3.89. The van der Waals surface area contributed by atoms with Crippen LogP contribution in [0, 0.1) is 16.0 Å². The van der Waals surface area contributed by atoms with Gasteiger partial charge in [-0.25, -0.2) is 4.79 Å². The van der Waals surface area contributed by atoms with E-state index in [0.717, 1.165) is 5.56 Å². The van der Waals surface area contributed by atoms with Gasteiger partial charge in [-0.3, -0.25) is 20.2 Å². The summed E-state index contributed by atoms with van der Waals surface area (Å²) >= 11 is 1.29. The molecule has 0 spiro atoms. The van der Waals surface area contributed by atoms with Crippen LogP contribution in [0.3, 0.4) is 0 Å². The van der Waals surface area contributed by atoms with Crippen molar-refractivity contribution in [3.05, 3.63) is 45.8 Å². The molecule has 136 valence electrons. The number of nitro groups is 1. The molecule has 0 saturated carbocycles. The molecular weight excluding hydrogens is 362 g/mol. The minimum Gasteiger partial charge on any atom is -0.416 e. The smallest absolute Gasteiger partial charge is 0.321 e. The van der Waals surface area contributed by atoms with Gasteiger partial charge in [0.25, 0.3) is 10.9 Å². The van der Waals surface area contributed by atoms with Crippen molar-refractivity contribution in [3.8, 4) is 0 Å². The Labute approximate surface area is 151 Å². The fraction of sp³-hybridized carbons (Fsp3) is 0.333. The number of aromatic nitrogens is 2. The first-order chi connectivity index (χ1) is 12.4. The van der Waals surface area contributed by atoms with Gasteiger partial charge in [0, 0.05) is 30.3 Å². The summed E-state index contributed by atoms with van der Waals surface area (Å²) in [5.74, 6) is -0.0460. The quantitative estimate of drug-likeness (QED) is 0.440. The molecule has 0 bridgehead atoms. The van der Waals surface area contributed by atoms with E-state index >= 15 is 0 Å². The fourth-order valence-electron chi connectivity index (χ4n) is 2.47. The minimum atomic E-state index is -0.511. The van der Waals surface area contributed by atoms with E-state index < -0.39 is 16.9 Å². The van der Waals surface area contributed by atoms with Crippen LogP contribution in [-0.4, -0.2) is 33.1 Å². The summed E-state index contributed by atoms with van der Waals surface area (Å²) in [7, 11) is 0. The van der Waals surface area contributed by atoms with Gasteiger partial charge in [-0.1, -0.05) is 23.9 Å². The molecule has 2 heterocycles. The first-order valence-electron chi connectivity index (χ1n) is 7.72. The summed E-state index contributed by atoms with van der Waals surface area (Å²) in [4.78, 5) is 33.3. The number of hydrogen-bond acceptors (Lipinski definition) is 8. The number of nitrogens with one attached hydrogen (secondary N) is 2. The number of benzene rings is 1. The number of thioether (sulfide) groups is 1. The number of imide groups is 1. The van der Waals surface area contributed by atoms with Crippen molar-refractivity contribution in [1.82, 2.24) is 20.8 Å². The van der Waals surface area contributed by atoms with Crippen molar-refractivity contribution in [2.24, 2.45) is 5.92 Å². The first kappa shape index (κ1) is 17.9. The van der Waals surface area contributed by atoms with Crippen LogP contribution in [0.15, 0.2) is 33.9 Å². The maximum Gasteiger partial charge on any atom is 0.321 e. The Morgan fingerprint density at radius 3 is 2.65 bits per heavy atom. The van der Waals surface area contributed by atoms with Crippen molar-refractivity contribution < 1.29 is 18.9 Å². The Morgan fingerprint density at radius 2 is 2.00 bits per heavy atom. The van der Waals surface area contributed by atoms with Crippen LogP contribution in [0.1, 0.15) is 18.4 Å². The number of nitro benzene ring substituents is 1. The van der Waals surface area contributed by atoms with Crippen LogP contribution in [0.5, 0.6) is 0 Å². The Kier molecular flexibility index (Phi) is 5.16. The molecule has 1 aromatic carbocycles. The zero-order chi connectivity index (χ0) is 18.7. The monoisotopic (exact) mass is 377 g/mol. The van der Waals surface area contributed by atoms with Crippen LogP contribution in [0.25, 0.3) is 0 Å². The van der Waals surface area contributed by atoms with Crippen molar-refractivity contribution >= 4 is 29.4 Å². The third kappa shape index (κ3) is 4.17. The van der Waals surface area contributed by atoms with E-state index in [1.54, 1.807) is 19.1 Å². The normalized spacial score (nSPS) is 19.7. The summed E-state index contributed by atoms with van der Waals surface area (Å²) in [6, 6.07) is 5.36. The van der Waals surface area contributed by atoms with Gasteiger partial charge in [0.1, 0.15) is 0 Å². The molecule has 2 unspecified atom stereocenters. The lowest BCUT2D eigenvalue weighted by atomic mass is 9.95. The highest BCUT2D eigenvalue weighted by molar-refractivity contribution is 7.98. The first-order valence-corrected chi connectivity index (χ1v) is 8.71. The highest BCUT2D eigenvalue weighted by Crippen LogP contribution is 2.24. The molecule has 3 amide bonds. The van der Waals surface area contributed by atoms with E-state index in [1.165, 1.54) is 23.9 Å². The topological polar surface area (TPSA) is 140 Å². The molecule has 10 nitrogen and oxygen atoms in total. The van der Waals surface area contributed by atoms with Crippen LogP contribution in [0.2, 0.25) is 0 Å². The molecule has 1 aliphatic heterocycles. The number of hydrogen-bond donors (Lipinski definition) is 2. The molecule has 26 heavy (non-hydrogen) atoms. The van der Waals surface area contributed by atoms with Gasteiger partial charge >= 0.3 is 6.03 Å². The summed E-state index contributed by atoms with van der Waals surface area (Å²) in [6.45, 7) is 1.74. The number of carbonyl (C=O) groups excluding carboxylic acids is 2. The standard InChI is InChI=1S/C15H15N5O5S/c1-8-11(13(21)17-14(22)16-8)6-12-18-19-15(25-12)26-7-9-2-4-10(5-3-9)20(23)24/h2-5,8,11H,6-7H2,1H3,(H2,16,17,21,22). The maximum atomic E-state index is 11.9. The molecule has 11 heteroatoms. The van der Waals surface area contributed by atoms with Gasteiger partial charge in [0.05, 0.1) is 10.8 Å². The molecular formula is C15H15N5O5S. The van der Waals surface area contributed by atoms with E-state index in [2.05, 4.69) is 20.8 Å². The van der Waals surface area contributed by atoms with E-state index in [0.29, 0.717) is 16.9 Å². The van der Waals surface area contributed by atoms with Gasteiger partial charge in [-0.15, -0.1) is 10.2 Å². The Hall–Kier alpha value is -2.95. The molecule has 1 aliphatic rings. The van der Waals surface area contributed by atoms with Crippen LogP contribution in [0.4, 0.5) is 10.5 Å². The van der Waals surface area contributed by atoms with Crippen molar-refractivity contribution in [2.45, 2.75) is 30.4 Å². The summed E-state index contributed by atoms with van der Waals surface area (Å²) < 4.78 is 5.53. The zero-order valence-corrected chi connectivity index (χ0v) is 14.5. The van der Waals surface area contributed by atoms with Gasteiger partial charge < -0.3 is 9.73 Å². The van der Waals surface area contributed by atoms with E-state index in [4.69, 9.17) is 4.42 Å². The molecule has 2 aromatic rings. The average molecular weight is 377 g/mol. The highest BCUT2D eigenvalue weighted by atomic mass is 32.2. The molecule has 0 radical (unpaired) electrons. The van der Waals surface area contributed by atoms with Crippen molar-refractivity contribution in [1.29, 1.82) is 0 Å². The molecule has 2 atom stereocenters. The lowest BCUT2D eigenvalue weighted by Gasteiger charge is -2.27. The molecule has 2 N–H and O–H groups in total. The van der Waals surface area contributed by atoms with E-state index in [9.17, 15) is 19.7 Å². The van der Waals surface area contributed by atoms with E-state index in [-0.39, 0.29) is 24.1 Å². The van der Waals surface area contributed by atoms with Crippen molar-refractivity contribution in [2.75, 3.05) is 0 Å². The maximum absolute atomic E-state index is 11.9. The average Bonchev–Trinajstić information content (AvgIpc) is 3.04. The fourth-order valence-corrected chi connectivity index (χ4v) is 3.21. The Bertz CT molecular complexity index is 837. The number of non-ortho nitro benzene ring substituents is 1. The van der Waals surface area contributed by atoms with Gasteiger partial charge in [-0.2, -0.15) is 0 Å². The third-order valence-corrected chi connectivity index (χ3v) is 4.78. The van der Waals surface area contributed by atoms with Gasteiger partial charge in [0.2, 0.25) is 11.8 Å². The number of carbonyl (C=O) groups is 2. The van der Waals surface area contributed by atoms with Crippen LogP contribution < -0.4 is 10.6 Å². The van der Waals surface area contributed by atoms with Crippen LogP contribution >= 0.6 is 11.8 Å². The predicted octanol–water partition coefficient (Wildman–Crippen LogP) is 1.66. The summed E-state index contributed by atoms with van der Waals surface area (Å²) in [5.41, 5.74) is 0.911. The predicted molar refractivity (Wildman–Crippen MR) is 90.3 cm³/mol. The molecule has 3 rings (SSSR count). The lowest BCUT2D eigenvalue weighted by molar-refractivity contribution is -0.384.